The highest BCUT2D eigenvalue weighted by Gasteiger charge is 2.14. The molecule has 1 aromatic carbocycles. The molecule has 1 aliphatic heterocycles. The van der Waals surface area contributed by atoms with E-state index < -0.39 is 0 Å². The molecule has 0 spiro atoms. The molecule has 3 heteroatoms. The zero-order valence-electron chi connectivity index (χ0n) is 7.46. The summed E-state index contributed by atoms with van der Waals surface area (Å²) in [5, 5.41) is 1.18. The predicted molar refractivity (Wildman–Crippen MR) is 58.6 cm³/mol. The van der Waals surface area contributed by atoms with Crippen molar-refractivity contribution >= 4 is 26.8 Å². The van der Waals surface area contributed by atoms with Crippen LogP contribution in [0.1, 0.15) is 5.56 Å². The summed E-state index contributed by atoms with van der Waals surface area (Å²) in [5.74, 6) is 0.801. The van der Waals surface area contributed by atoms with Gasteiger partial charge in [-0.3, -0.25) is 0 Å². The molecule has 1 aromatic heterocycles. The smallest absolute Gasteiger partial charge is 0.217 e. The van der Waals surface area contributed by atoms with Gasteiger partial charge in [-0.05, 0) is 18.2 Å². The van der Waals surface area contributed by atoms with E-state index >= 15 is 0 Å². The lowest BCUT2D eigenvalue weighted by molar-refractivity contribution is 0.346. The van der Waals surface area contributed by atoms with Gasteiger partial charge in [0, 0.05) is 21.8 Å². The molecule has 0 radical (unpaired) electrons. The summed E-state index contributed by atoms with van der Waals surface area (Å²) < 4.78 is 6.47. The summed E-state index contributed by atoms with van der Waals surface area (Å²) in [7, 11) is 0. The second-order valence-electron chi connectivity index (χ2n) is 3.39. The molecule has 0 atom stereocenters. The van der Waals surface area contributed by atoms with E-state index in [0.717, 1.165) is 28.9 Å². The van der Waals surface area contributed by atoms with Gasteiger partial charge in [-0.25, -0.2) is 4.98 Å². The van der Waals surface area contributed by atoms with Crippen LogP contribution in [0.3, 0.4) is 0 Å². The van der Waals surface area contributed by atoms with Crippen LogP contribution in [0.2, 0.25) is 0 Å². The minimum Gasteiger partial charge on any atom is -0.477 e. The van der Waals surface area contributed by atoms with E-state index in [4.69, 9.17) is 4.74 Å². The van der Waals surface area contributed by atoms with E-state index in [1.807, 2.05) is 12.1 Å². The number of fused-ring (bicyclic) bond motifs is 2. The van der Waals surface area contributed by atoms with Crippen molar-refractivity contribution in [3.05, 3.63) is 34.3 Å². The monoisotopic (exact) mass is 249 g/mol. The third-order valence-corrected chi connectivity index (χ3v) is 2.92. The Balaban J connectivity index is 2.33. The Morgan fingerprint density at radius 2 is 2.21 bits per heavy atom. The molecule has 0 N–H and O–H groups in total. The van der Waals surface area contributed by atoms with Gasteiger partial charge >= 0.3 is 0 Å². The maximum Gasteiger partial charge on any atom is 0.217 e. The van der Waals surface area contributed by atoms with Crippen molar-refractivity contribution in [2.24, 2.45) is 0 Å². The summed E-state index contributed by atoms with van der Waals surface area (Å²) in [5.41, 5.74) is 2.21. The van der Waals surface area contributed by atoms with E-state index in [2.05, 4.69) is 33.0 Å². The lowest BCUT2D eigenvalue weighted by atomic mass is 10.1. The van der Waals surface area contributed by atoms with Crippen LogP contribution < -0.4 is 4.74 Å². The highest BCUT2D eigenvalue weighted by Crippen LogP contribution is 2.28. The normalized spacial score (nSPS) is 14.1. The third-order valence-electron chi connectivity index (χ3n) is 2.43. The SMILES string of the molecule is Brc1ccc2cc3c(nc2c1)OCC3. The van der Waals surface area contributed by atoms with Crippen molar-refractivity contribution in [2.75, 3.05) is 6.61 Å². The number of benzene rings is 1. The van der Waals surface area contributed by atoms with Gasteiger partial charge in [0.05, 0.1) is 12.1 Å². The summed E-state index contributed by atoms with van der Waals surface area (Å²) >= 11 is 3.43. The number of aromatic nitrogens is 1. The van der Waals surface area contributed by atoms with Gasteiger partial charge in [0.15, 0.2) is 0 Å². The number of halogens is 1. The molecule has 0 aliphatic carbocycles. The van der Waals surface area contributed by atoms with E-state index in [9.17, 15) is 0 Å². The summed E-state index contributed by atoms with van der Waals surface area (Å²) in [6.45, 7) is 0.764. The van der Waals surface area contributed by atoms with Crippen molar-refractivity contribution in [2.45, 2.75) is 6.42 Å². The van der Waals surface area contributed by atoms with Crippen LogP contribution in [0.5, 0.6) is 5.88 Å². The van der Waals surface area contributed by atoms with E-state index in [1.54, 1.807) is 0 Å². The van der Waals surface area contributed by atoms with Crippen LogP contribution >= 0.6 is 15.9 Å². The number of nitrogens with zero attached hydrogens (tertiary/aromatic N) is 1. The fourth-order valence-electron chi connectivity index (χ4n) is 1.73. The molecule has 0 fully saturated rings. The fourth-order valence-corrected chi connectivity index (χ4v) is 2.08. The Morgan fingerprint density at radius 1 is 1.29 bits per heavy atom. The molecule has 0 unspecified atom stereocenters. The maximum atomic E-state index is 5.42. The molecule has 2 aromatic rings. The molecule has 2 nitrogen and oxygen atoms in total. The Kier molecular flexibility index (Phi) is 1.74. The first-order valence-corrected chi connectivity index (χ1v) is 5.34. The highest BCUT2D eigenvalue weighted by atomic mass is 79.9. The van der Waals surface area contributed by atoms with Crippen molar-refractivity contribution in [1.29, 1.82) is 0 Å². The Hall–Kier alpha value is -1.09. The lowest BCUT2D eigenvalue weighted by Crippen LogP contribution is -1.88. The van der Waals surface area contributed by atoms with Crippen LogP contribution in [0.4, 0.5) is 0 Å². The van der Waals surface area contributed by atoms with E-state index in [0.29, 0.717) is 0 Å². The van der Waals surface area contributed by atoms with Crippen LogP contribution in [-0.2, 0) is 6.42 Å². The zero-order chi connectivity index (χ0) is 9.54. The summed E-state index contributed by atoms with van der Waals surface area (Å²) in [6.07, 6.45) is 0.980. The molecule has 0 saturated carbocycles. The van der Waals surface area contributed by atoms with Crippen LogP contribution in [-0.4, -0.2) is 11.6 Å². The number of ether oxygens (including phenoxy) is 1. The van der Waals surface area contributed by atoms with Gasteiger partial charge in [0.2, 0.25) is 5.88 Å². The molecule has 2 heterocycles. The van der Waals surface area contributed by atoms with Gasteiger partial charge in [0.1, 0.15) is 0 Å². The quantitative estimate of drug-likeness (QED) is 0.717. The van der Waals surface area contributed by atoms with Crippen LogP contribution in [0, 0.1) is 0 Å². The Labute approximate surface area is 90.0 Å². The van der Waals surface area contributed by atoms with Gasteiger partial charge < -0.3 is 4.74 Å². The van der Waals surface area contributed by atoms with Crippen molar-refractivity contribution < 1.29 is 4.74 Å². The zero-order valence-corrected chi connectivity index (χ0v) is 9.04. The Bertz CT molecular complexity index is 510. The largest absolute Gasteiger partial charge is 0.477 e. The molecule has 1 aliphatic rings. The molecular weight excluding hydrogens is 242 g/mol. The topological polar surface area (TPSA) is 22.1 Å². The minimum atomic E-state index is 0.764. The van der Waals surface area contributed by atoms with Crippen molar-refractivity contribution in [3.8, 4) is 5.88 Å². The standard InChI is InChI=1S/C11H8BrNO/c12-9-2-1-7-5-8-3-4-14-11(8)13-10(7)6-9/h1-2,5-6H,3-4H2. The van der Waals surface area contributed by atoms with Crippen molar-refractivity contribution in [3.63, 3.8) is 0 Å². The second-order valence-corrected chi connectivity index (χ2v) is 4.30. The first-order valence-electron chi connectivity index (χ1n) is 4.55. The first kappa shape index (κ1) is 8.24. The van der Waals surface area contributed by atoms with E-state index in [-0.39, 0.29) is 0 Å². The number of hydrogen-bond donors (Lipinski definition) is 0. The summed E-state index contributed by atoms with van der Waals surface area (Å²) in [4.78, 5) is 4.46. The first-order chi connectivity index (χ1) is 6.83. The van der Waals surface area contributed by atoms with Gasteiger partial charge in [-0.15, -0.1) is 0 Å². The number of hydrogen-bond acceptors (Lipinski definition) is 2. The van der Waals surface area contributed by atoms with E-state index in [1.165, 1.54) is 10.9 Å². The summed E-state index contributed by atoms with van der Waals surface area (Å²) in [6, 6.07) is 8.28. The predicted octanol–water partition coefficient (Wildman–Crippen LogP) is 2.93. The van der Waals surface area contributed by atoms with Gasteiger partial charge in [-0.1, -0.05) is 22.0 Å². The molecular formula is C11H8BrNO. The average Bonchev–Trinajstić information content (AvgIpc) is 2.61. The highest BCUT2D eigenvalue weighted by molar-refractivity contribution is 9.10. The van der Waals surface area contributed by atoms with Crippen molar-refractivity contribution in [1.82, 2.24) is 4.98 Å². The molecule has 0 amide bonds. The fraction of sp³-hybridized carbons (Fsp3) is 0.182. The number of rotatable bonds is 0. The minimum absolute atomic E-state index is 0.764. The lowest BCUT2D eigenvalue weighted by Gasteiger charge is -2.01. The van der Waals surface area contributed by atoms with Gasteiger partial charge in [0.25, 0.3) is 0 Å². The van der Waals surface area contributed by atoms with Gasteiger partial charge in [-0.2, -0.15) is 0 Å². The van der Waals surface area contributed by atoms with Crippen LogP contribution in [0.15, 0.2) is 28.7 Å². The molecule has 3 rings (SSSR count). The second kappa shape index (κ2) is 2.95. The van der Waals surface area contributed by atoms with Crippen LogP contribution in [0.25, 0.3) is 10.9 Å². The molecule has 14 heavy (non-hydrogen) atoms. The number of pyridine rings is 1. The molecule has 0 bridgehead atoms. The Morgan fingerprint density at radius 3 is 3.14 bits per heavy atom. The maximum absolute atomic E-state index is 5.42. The average molecular weight is 250 g/mol. The third kappa shape index (κ3) is 1.20. The molecule has 0 saturated heterocycles. The molecule has 70 valence electrons.